The van der Waals surface area contributed by atoms with Crippen molar-refractivity contribution in [1.29, 1.82) is 0 Å². The second-order valence-corrected chi connectivity index (χ2v) is 12.6. The van der Waals surface area contributed by atoms with Crippen LogP contribution in [0.4, 0.5) is 27.5 Å². The first kappa shape index (κ1) is 34.9. The average Bonchev–Trinajstić information content (AvgIpc) is 3.13. The van der Waals surface area contributed by atoms with Gasteiger partial charge in [0, 0.05) is 48.1 Å². The van der Waals surface area contributed by atoms with Gasteiger partial charge in [0.2, 0.25) is 5.91 Å². The number of ether oxygens (including phenoxy) is 1. The van der Waals surface area contributed by atoms with Crippen LogP contribution >= 0.6 is 0 Å². The lowest BCUT2D eigenvalue weighted by atomic mass is 10.0. The molecule has 256 valence electrons. The SMILES string of the molecule is C[C@@H]1CN([C@H](C)CO)C(=O)Cc2cc(NC(=O)Nc3ccccc3)ccc2O[C@H]1CN(C)Cc1ccc(C(=O)Nc2ccccc2N)cc1. The number of nitrogens with two attached hydrogens (primary N) is 1. The van der Waals surface area contributed by atoms with Crippen molar-refractivity contribution in [3.8, 4) is 5.75 Å². The topological polar surface area (TPSA) is 149 Å². The predicted octanol–water partition coefficient (Wildman–Crippen LogP) is 5.45. The smallest absolute Gasteiger partial charge is 0.323 e. The van der Waals surface area contributed by atoms with E-state index < -0.39 is 6.03 Å². The third-order valence-electron chi connectivity index (χ3n) is 8.58. The van der Waals surface area contributed by atoms with Crippen molar-refractivity contribution in [2.75, 3.05) is 48.4 Å². The fourth-order valence-electron chi connectivity index (χ4n) is 5.79. The number of nitrogens with one attached hydrogen (secondary N) is 3. The summed E-state index contributed by atoms with van der Waals surface area (Å²) in [5.41, 5.74) is 10.4. The molecule has 11 nitrogen and oxygen atoms in total. The van der Waals surface area contributed by atoms with Gasteiger partial charge in [0.25, 0.3) is 5.91 Å². The van der Waals surface area contributed by atoms with E-state index in [9.17, 15) is 19.5 Å². The predicted molar refractivity (Wildman–Crippen MR) is 193 cm³/mol. The number of para-hydroxylation sites is 3. The van der Waals surface area contributed by atoms with Gasteiger partial charge < -0.3 is 36.4 Å². The summed E-state index contributed by atoms with van der Waals surface area (Å²) in [5.74, 6) is 0.130. The van der Waals surface area contributed by atoms with Crippen LogP contribution in [0.15, 0.2) is 97.1 Å². The van der Waals surface area contributed by atoms with E-state index in [4.69, 9.17) is 10.5 Å². The van der Waals surface area contributed by atoms with Gasteiger partial charge in [-0.2, -0.15) is 0 Å². The average molecular weight is 665 g/mol. The van der Waals surface area contributed by atoms with Crippen molar-refractivity contribution in [2.24, 2.45) is 5.92 Å². The molecule has 6 N–H and O–H groups in total. The molecule has 0 bridgehead atoms. The molecule has 0 saturated carbocycles. The highest BCUT2D eigenvalue weighted by atomic mass is 16.5. The molecule has 0 fully saturated rings. The minimum atomic E-state index is -0.403. The second kappa shape index (κ2) is 16.1. The van der Waals surface area contributed by atoms with E-state index in [1.807, 2.05) is 63.4 Å². The number of carbonyl (C=O) groups is 3. The second-order valence-electron chi connectivity index (χ2n) is 12.6. The molecule has 1 aliphatic heterocycles. The van der Waals surface area contributed by atoms with Gasteiger partial charge in [-0.15, -0.1) is 0 Å². The fourth-order valence-corrected chi connectivity index (χ4v) is 5.79. The number of aliphatic hydroxyl groups is 1. The molecule has 3 atom stereocenters. The molecule has 0 aliphatic carbocycles. The monoisotopic (exact) mass is 664 g/mol. The first-order valence-corrected chi connectivity index (χ1v) is 16.4. The lowest BCUT2D eigenvalue weighted by Gasteiger charge is -2.34. The van der Waals surface area contributed by atoms with Crippen LogP contribution in [0.2, 0.25) is 0 Å². The molecule has 1 heterocycles. The van der Waals surface area contributed by atoms with Crippen molar-refractivity contribution >= 4 is 40.6 Å². The van der Waals surface area contributed by atoms with Crippen LogP contribution in [0.1, 0.15) is 35.3 Å². The van der Waals surface area contributed by atoms with Crippen LogP contribution in [0.5, 0.6) is 5.75 Å². The van der Waals surface area contributed by atoms with Gasteiger partial charge in [-0.1, -0.05) is 49.4 Å². The molecule has 49 heavy (non-hydrogen) atoms. The zero-order chi connectivity index (χ0) is 34.9. The Hall–Kier alpha value is -5.39. The minimum Gasteiger partial charge on any atom is -0.488 e. The number of hydrogen-bond donors (Lipinski definition) is 5. The summed E-state index contributed by atoms with van der Waals surface area (Å²) < 4.78 is 6.65. The molecule has 1 aliphatic rings. The van der Waals surface area contributed by atoms with Crippen LogP contribution in [0.25, 0.3) is 0 Å². The number of hydrogen-bond acceptors (Lipinski definition) is 7. The Bertz CT molecular complexity index is 1750. The van der Waals surface area contributed by atoms with E-state index in [1.54, 1.807) is 59.5 Å². The Morgan fingerprint density at radius 2 is 1.65 bits per heavy atom. The number of amides is 4. The van der Waals surface area contributed by atoms with E-state index in [2.05, 4.69) is 20.9 Å². The molecule has 0 spiro atoms. The molecule has 0 radical (unpaired) electrons. The Morgan fingerprint density at radius 3 is 2.37 bits per heavy atom. The Morgan fingerprint density at radius 1 is 0.959 bits per heavy atom. The Balaban J connectivity index is 1.29. The third-order valence-corrected chi connectivity index (χ3v) is 8.58. The van der Waals surface area contributed by atoms with Gasteiger partial charge >= 0.3 is 6.03 Å². The summed E-state index contributed by atoms with van der Waals surface area (Å²) >= 11 is 0. The van der Waals surface area contributed by atoms with Crippen LogP contribution in [0.3, 0.4) is 0 Å². The van der Waals surface area contributed by atoms with Gasteiger partial charge in [0.15, 0.2) is 0 Å². The summed E-state index contributed by atoms with van der Waals surface area (Å²) in [7, 11) is 2.00. The Kier molecular flexibility index (Phi) is 11.5. The number of likely N-dealkylation sites (N-methyl/N-ethyl adjacent to an activating group) is 1. The molecule has 5 rings (SSSR count). The number of nitrogens with zero attached hydrogens (tertiary/aromatic N) is 2. The molecule has 4 amide bonds. The number of rotatable bonds is 10. The zero-order valence-corrected chi connectivity index (χ0v) is 28.1. The van der Waals surface area contributed by atoms with Crippen LogP contribution in [-0.2, 0) is 17.8 Å². The molecule has 4 aromatic rings. The highest BCUT2D eigenvalue weighted by molar-refractivity contribution is 6.05. The summed E-state index contributed by atoms with van der Waals surface area (Å²) in [6.07, 6.45) is -0.244. The number of benzene rings is 4. The third kappa shape index (κ3) is 9.37. The molecular weight excluding hydrogens is 620 g/mol. The summed E-state index contributed by atoms with van der Waals surface area (Å²) in [4.78, 5) is 42.9. The maximum Gasteiger partial charge on any atom is 0.323 e. The van der Waals surface area contributed by atoms with Gasteiger partial charge in [-0.3, -0.25) is 14.5 Å². The Labute approximate surface area is 287 Å². The standard InChI is InChI=1S/C38H44N6O5/c1-25-21-44(26(2)24-45)36(46)20-29-19-31(41-38(48)40-30-9-5-4-6-10-30)17-18-34(29)49-35(25)23-43(3)22-27-13-15-28(16-14-27)37(47)42-33-12-8-7-11-32(33)39/h4-19,25-26,35,45H,20-24,39H2,1-3H3,(H,42,47)(H2,40,41,48)/t25-,26-,35+/m1/s1. The summed E-state index contributed by atoms with van der Waals surface area (Å²) in [5, 5.41) is 18.5. The lowest BCUT2D eigenvalue weighted by Crippen LogP contribution is -2.47. The normalized spacial score (nSPS) is 16.8. The largest absolute Gasteiger partial charge is 0.488 e. The molecule has 0 saturated heterocycles. The van der Waals surface area contributed by atoms with E-state index in [0.29, 0.717) is 59.3 Å². The molecule has 11 heteroatoms. The van der Waals surface area contributed by atoms with Crippen LogP contribution < -0.4 is 26.4 Å². The molecular formula is C38H44N6O5. The maximum absolute atomic E-state index is 13.6. The molecule has 4 aromatic carbocycles. The maximum atomic E-state index is 13.6. The summed E-state index contributed by atoms with van der Waals surface area (Å²) in [6.45, 7) is 5.27. The summed E-state index contributed by atoms with van der Waals surface area (Å²) in [6, 6.07) is 28.2. The van der Waals surface area contributed by atoms with Crippen molar-refractivity contribution in [3.05, 3.63) is 114 Å². The van der Waals surface area contributed by atoms with Gasteiger partial charge in [-0.25, -0.2) is 4.79 Å². The van der Waals surface area contributed by atoms with Crippen molar-refractivity contribution in [1.82, 2.24) is 9.80 Å². The lowest BCUT2D eigenvalue weighted by molar-refractivity contribution is -0.134. The van der Waals surface area contributed by atoms with Crippen LogP contribution in [-0.4, -0.2) is 71.6 Å². The zero-order valence-electron chi connectivity index (χ0n) is 28.1. The highest BCUT2D eigenvalue weighted by Gasteiger charge is 2.31. The van der Waals surface area contributed by atoms with Crippen LogP contribution in [0, 0.1) is 5.92 Å². The number of urea groups is 1. The van der Waals surface area contributed by atoms with Gasteiger partial charge in [-0.05, 0) is 74.1 Å². The van der Waals surface area contributed by atoms with Crippen molar-refractivity contribution in [2.45, 2.75) is 39.0 Å². The van der Waals surface area contributed by atoms with E-state index in [-0.39, 0.29) is 42.9 Å². The van der Waals surface area contributed by atoms with Crippen molar-refractivity contribution in [3.63, 3.8) is 0 Å². The number of nitrogen functional groups attached to an aromatic ring is 1. The first-order valence-electron chi connectivity index (χ1n) is 16.4. The van der Waals surface area contributed by atoms with Gasteiger partial charge in [0.1, 0.15) is 11.9 Å². The number of anilines is 4. The van der Waals surface area contributed by atoms with E-state index >= 15 is 0 Å². The number of aliphatic hydroxyl groups excluding tert-OH is 1. The molecule has 0 unspecified atom stereocenters. The number of fused-ring (bicyclic) bond motifs is 1. The quantitative estimate of drug-likeness (QED) is 0.142. The highest BCUT2D eigenvalue weighted by Crippen LogP contribution is 2.29. The fraction of sp³-hybridized carbons (Fsp3) is 0.289. The van der Waals surface area contributed by atoms with Crippen molar-refractivity contribution < 1.29 is 24.2 Å². The van der Waals surface area contributed by atoms with E-state index in [0.717, 1.165) is 5.56 Å². The molecule has 0 aromatic heterocycles. The minimum absolute atomic E-state index is 0.0571. The van der Waals surface area contributed by atoms with Gasteiger partial charge in [0.05, 0.1) is 30.4 Å². The van der Waals surface area contributed by atoms with E-state index in [1.165, 1.54) is 0 Å². The number of carbonyl (C=O) groups excluding carboxylic acids is 3. The first-order chi connectivity index (χ1) is 23.6.